The zero-order valence-electron chi connectivity index (χ0n) is 5.47. The zero-order chi connectivity index (χ0) is 7.84. The molecule has 3 heteroatoms. The van der Waals surface area contributed by atoms with Gasteiger partial charge in [-0.1, -0.05) is 0 Å². The van der Waals surface area contributed by atoms with Gasteiger partial charge in [-0.15, -0.1) is 0 Å². The average Bonchev–Trinajstić information content (AvgIpc) is 2.30. The Kier molecular flexibility index (Phi) is 2.43. The molecule has 2 aromatic rings. The van der Waals surface area contributed by atoms with Crippen molar-refractivity contribution >= 4 is 61.1 Å². The van der Waals surface area contributed by atoms with Gasteiger partial charge >= 0.3 is 92.3 Å². The quantitative estimate of drug-likeness (QED) is 0.608. The fourth-order valence-electron chi connectivity index (χ4n) is 0.984. The Labute approximate surface area is 91.5 Å². The van der Waals surface area contributed by atoms with E-state index in [9.17, 15) is 0 Å². The molecule has 0 radical (unpaired) electrons. The minimum absolute atomic E-state index is 0.105. The second-order valence-electron chi connectivity index (χ2n) is 2.19. The van der Waals surface area contributed by atoms with Crippen LogP contribution in [0.5, 0.6) is 0 Å². The SMILES string of the molecule is Brc1[te]c2ccccc2c1Br. The van der Waals surface area contributed by atoms with Gasteiger partial charge in [-0.05, 0) is 0 Å². The van der Waals surface area contributed by atoms with Gasteiger partial charge in [0.2, 0.25) is 0 Å². The van der Waals surface area contributed by atoms with Gasteiger partial charge in [0.25, 0.3) is 0 Å². The van der Waals surface area contributed by atoms with Crippen molar-refractivity contribution in [3.05, 3.63) is 31.2 Å². The van der Waals surface area contributed by atoms with Gasteiger partial charge in [0.1, 0.15) is 0 Å². The molecule has 56 valence electrons. The Morgan fingerprint density at radius 3 is 2.55 bits per heavy atom. The first kappa shape index (κ1) is 8.31. The number of rotatable bonds is 0. The van der Waals surface area contributed by atoms with Crippen molar-refractivity contribution in [2.45, 2.75) is 0 Å². The van der Waals surface area contributed by atoms with Crippen molar-refractivity contribution in [2.75, 3.05) is 0 Å². The van der Waals surface area contributed by atoms with Gasteiger partial charge in [0.05, 0.1) is 0 Å². The number of fused-ring (bicyclic) bond motifs is 1. The van der Waals surface area contributed by atoms with E-state index in [2.05, 4.69) is 56.1 Å². The van der Waals surface area contributed by atoms with Gasteiger partial charge in [-0.25, -0.2) is 0 Å². The molecule has 1 heterocycles. The monoisotopic (exact) mass is 388 g/mol. The van der Waals surface area contributed by atoms with E-state index >= 15 is 0 Å². The maximum atomic E-state index is 3.57. The van der Waals surface area contributed by atoms with Crippen molar-refractivity contribution in [1.29, 1.82) is 0 Å². The molecule has 0 aliphatic rings. The Hall–Kier alpha value is 0.710. The number of benzene rings is 1. The fourth-order valence-corrected chi connectivity index (χ4v) is 6.00. The summed E-state index contributed by atoms with van der Waals surface area (Å²) in [6.45, 7) is 0. The molecule has 0 aliphatic carbocycles. The van der Waals surface area contributed by atoms with Crippen molar-refractivity contribution in [3.8, 4) is 0 Å². The summed E-state index contributed by atoms with van der Waals surface area (Å²) in [6, 6.07) is 8.57. The molecule has 0 unspecified atom stereocenters. The minimum atomic E-state index is -0.105. The molecule has 0 saturated heterocycles. The third kappa shape index (κ3) is 1.45. The van der Waals surface area contributed by atoms with Gasteiger partial charge in [-0.3, -0.25) is 0 Å². The second-order valence-corrected chi connectivity index (χ2v) is 8.41. The van der Waals surface area contributed by atoms with E-state index in [-0.39, 0.29) is 20.4 Å². The summed E-state index contributed by atoms with van der Waals surface area (Å²) in [4.78, 5) is 0. The topological polar surface area (TPSA) is 0 Å². The molecule has 0 saturated carbocycles. The van der Waals surface area contributed by atoms with Crippen LogP contribution in [0.15, 0.2) is 31.2 Å². The van der Waals surface area contributed by atoms with Crippen LogP contribution in [0.3, 0.4) is 0 Å². The number of hydrogen-bond donors (Lipinski definition) is 0. The first-order chi connectivity index (χ1) is 5.29. The molecule has 0 nitrogen and oxygen atoms in total. The molecule has 0 spiro atoms. The Morgan fingerprint density at radius 2 is 1.82 bits per heavy atom. The Balaban J connectivity index is 2.92. The van der Waals surface area contributed by atoms with E-state index in [0.717, 1.165) is 0 Å². The standard InChI is InChI=1S/C8H4Br2Te/c9-7-5-3-1-2-4-6(5)11-8(7)10/h1-4H. The van der Waals surface area contributed by atoms with Crippen LogP contribution in [0.4, 0.5) is 0 Å². The van der Waals surface area contributed by atoms with Crippen LogP contribution in [0, 0.1) is 0 Å². The van der Waals surface area contributed by atoms with E-state index in [0.29, 0.717) is 0 Å². The summed E-state index contributed by atoms with van der Waals surface area (Å²) in [5, 5.41) is 1.38. The van der Waals surface area contributed by atoms with Crippen molar-refractivity contribution in [2.24, 2.45) is 0 Å². The molecule has 11 heavy (non-hydrogen) atoms. The summed E-state index contributed by atoms with van der Waals surface area (Å²) in [6.07, 6.45) is 0. The predicted octanol–water partition coefficient (Wildman–Crippen LogP) is 3.42. The summed E-state index contributed by atoms with van der Waals surface area (Å²) < 4.78 is 4.16. The second kappa shape index (κ2) is 3.22. The van der Waals surface area contributed by atoms with E-state index in [1.807, 2.05) is 0 Å². The first-order valence-corrected chi connectivity index (χ1v) is 7.03. The predicted molar refractivity (Wildman–Crippen MR) is 56.3 cm³/mol. The normalized spacial score (nSPS) is 10.7. The van der Waals surface area contributed by atoms with Crippen LogP contribution < -0.4 is 0 Å². The maximum absolute atomic E-state index is 3.57. The zero-order valence-corrected chi connectivity index (χ0v) is 11.0. The fraction of sp³-hybridized carbons (Fsp3) is 0. The third-order valence-corrected chi connectivity index (χ3v) is 7.89. The molecule has 0 fully saturated rings. The van der Waals surface area contributed by atoms with E-state index in [1.165, 1.54) is 15.7 Å². The van der Waals surface area contributed by atoms with Gasteiger partial charge in [0, 0.05) is 0 Å². The van der Waals surface area contributed by atoms with Crippen molar-refractivity contribution < 1.29 is 0 Å². The summed E-state index contributed by atoms with van der Waals surface area (Å²) in [5.41, 5.74) is 0. The molecule has 1 aromatic heterocycles. The van der Waals surface area contributed by atoms with Gasteiger partial charge in [0.15, 0.2) is 0 Å². The van der Waals surface area contributed by atoms with Crippen LogP contribution >= 0.6 is 31.9 Å². The molecule has 0 atom stereocenters. The van der Waals surface area contributed by atoms with Crippen molar-refractivity contribution in [3.63, 3.8) is 0 Å². The first-order valence-electron chi connectivity index (χ1n) is 3.11. The molecular weight excluding hydrogens is 383 g/mol. The van der Waals surface area contributed by atoms with Crippen molar-refractivity contribution in [1.82, 2.24) is 0 Å². The number of halogens is 2. The van der Waals surface area contributed by atoms with Crippen LogP contribution in [0.25, 0.3) is 8.79 Å². The van der Waals surface area contributed by atoms with E-state index in [4.69, 9.17) is 0 Å². The van der Waals surface area contributed by atoms with E-state index in [1.54, 1.807) is 0 Å². The Bertz CT molecular complexity index is 392. The molecule has 0 N–H and O–H groups in total. The molecule has 0 aliphatic heterocycles. The van der Waals surface area contributed by atoms with Gasteiger partial charge in [-0.2, -0.15) is 0 Å². The molecule has 1 aromatic carbocycles. The van der Waals surface area contributed by atoms with Crippen LogP contribution in [-0.4, -0.2) is 20.4 Å². The van der Waals surface area contributed by atoms with E-state index < -0.39 is 0 Å². The molecule has 0 bridgehead atoms. The molecular formula is C8H4Br2Te. The summed E-state index contributed by atoms with van der Waals surface area (Å²) >= 11 is 7.04. The third-order valence-electron chi connectivity index (χ3n) is 1.50. The van der Waals surface area contributed by atoms with Crippen LogP contribution in [0.1, 0.15) is 0 Å². The summed E-state index contributed by atoms with van der Waals surface area (Å²) in [5.74, 6) is 0. The van der Waals surface area contributed by atoms with Crippen LogP contribution in [0.2, 0.25) is 0 Å². The van der Waals surface area contributed by atoms with Crippen LogP contribution in [-0.2, 0) is 0 Å². The summed E-state index contributed by atoms with van der Waals surface area (Å²) in [7, 11) is 0. The number of hydrogen-bond acceptors (Lipinski definition) is 0. The average molecular weight is 388 g/mol. The van der Waals surface area contributed by atoms with Gasteiger partial charge < -0.3 is 0 Å². The molecule has 2 rings (SSSR count). The Morgan fingerprint density at radius 1 is 1.09 bits per heavy atom. The molecule has 0 amide bonds.